The van der Waals surface area contributed by atoms with Gasteiger partial charge in [-0.05, 0) is 44.5 Å². The Morgan fingerprint density at radius 1 is 1.28 bits per heavy atom. The first-order valence-corrected chi connectivity index (χ1v) is 6.63. The number of hydrogen-bond donors (Lipinski definition) is 2. The minimum absolute atomic E-state index is 0.0220. The van der Waals surface area contributed by atoms with Gasteiger partial charge in [-0.3, -0.25) is 0 Å². The lowest BCUT2D eigenvalue weighted by atomic mass is 9.88. The predicted molar refractivity (Wildman–Crippen MR) is 69.2 cm³/mol. The van der Waals surface area contributed by atoms with Gasteiger partial charge in [-0.15, -0.1) is 0 Å². The first-order valence-electron chi connectivity index (χ1n) is 6.63. The Bertz CT molecular complexity index is 418. The zero-order chi connectivity index (χ0) is 12.4. The molecule has 1 atom stereocenters. The molecule has 4 heteroatoms. The van der Waals surface area contributed by atoms with Crippen molar-refractivity contribution < 1.29 is 9.13 Å². The molecule has 0 bridgehead atoms. The zero-order valence-electron chi connectivity index (χ0n) is 10.4. The molecule has 0 unspecified atom stereocenters. The lowest BCUT2D eigenvalue weighted by Crippen LogP contribution is -2.41. The molecule has 1 spiro atoms. The highest BCUT2D eigenvalue weighted by Crippen LogP contribution is 2.35. The number of rotatable bonds is 2. The molecule has 0 amide bonds. The van der Waals surface area contributed by atoms with E-state index in [1.807, 2.05) is 6.07 Å². The van der Waals surface area contributed by atoms with E-state index in [0.717, 1.165) is 32.4 Å². The minimum atomic E-state index is -0.191. The van der Waals surface area contributed by atoms with Crippen molar-refractivity contribution >= 4 is 5.69 Å². The van der Waals surface area contributed by atoms with Crippen LogP contribution in [0.25, 0.3) is 0 Å². The lowest BCUT2D eigenvalue weighted by molar-refractivity contribution is -0.0192. The number of anilines is 1. The maximum Gasteiger partial charge on any atom is 0.146 e. The monoisotopic (exact) mass is 250 g/mol. The second kappa shape index (κ2) is 4.86. The van der Waals surface area contributed by atoms with Crippen molar-refractivity contribution in [2.24, 2.45) is 0 Å². The first-order chi connectivity index (χ1) is 8.77. The van der Waals surface area contributed by atoms with Crippen molar-refractivity contribution in [3.8, 4) is 0 Å². The Kier molecular flexibility index (Phi) is 3.22. The van der Waals surface area contributed by atoms with Crippen LogP contribution in [0.1, 0.15) is 19.3 Å². The van der Waals surface area contributed by atoms with E-state index < -0.39 is 0 Å². The van der Waals surface area contributed by atoms with Gasteiger partial charge in [0.2, 0.25) is 0 Å². The number of nitrogens with one attached hydrogen (secondary N) is 2. The van der Waals surface area contributed by atoms with Crippen molar-refractivity contribution in [3.63, 3.8) is 0 Å². The zero-order valence-corrected chi connectivity index (χ0v) is 10.4. The average Bonchev–Trinajstić information content (AvgIpc) is 2.76. The summed E-state index contributed by atoms with van der Waals surface area (Å²) in [5.74, 6) is -0.191. The fourth-order valence-corrected chi connectivity index (χ4v) is 2.97. The Balaban J connectivity index is 1.64. The fraction of sp³-hybridized carbons (Fsp3) is 0.571. The van der Waals surface area contributed by atoms with Crippen LogP contribution in [0.5, 0.6) is 0 Å². The summed E-state index contributed by atoms with van der Waals surface area (Å²) >= 11 is 0. The third-order valence-electron chi connectivity index (χ3n) is 3.96. The largest absolute Gasteiger partial charge is 0.378 e. The number of piperidine rings is 1. The third-order valence-corrected chi connectivity index (χ3v) is 3.96. The Hall–Kier alpha value is -1.13. The van der Waals surface area contributed by atoms with Crippen molar-refractivity contribution in [1.29, 1.82) is 0 Å². The van der Waals surface area contributed by atoms with E-state index in [1.54, 1.807) is 12.1 Å². The summed E-state index contributed by atoms with van der Waals surface area (Å²) < 4.78 is 19.5. The predicted octanol–water partition coefficient (Wildman–Crippen LogP) is 2.15. The van der Waals surface area contributed by atoms with Gasteiger partial charge in [0.05, 0.1) is 23.9 Å². The topological polar surface area (TPSA) is 33.3 Å². The SMILES string of the molecule is Fc1ccccc1N[C@H]1COC2(CCNCC2)C1. The standard InChI is InChI=1S/C14H19FN2O/c15-12-3-1-2-4-13(12)17-11-9-14(18-10-11)5-7-16-8-6-14/h1-4,11,16-17H,5-10H2/t11-/m1/s1. The van der Waals surface area contributed by atoms with E-state index in [4.69, 9.17) is 4.74 Å². The van der Waals surface area contributed by atoms with Gasteiger partial charge < -0.3 is 15.4 Å². The number of ether oxygens (including phenoxy) is 1. The van der Waals surface area contributed by atoms with Crippen LogP contribution in [0.3, 0.4) is 0 Å². The van der Waals surface area contributed by atoms with Gasteiger partial charge in [0.1, 0.15) is 5.82 Å². The number of benzene rings is 1. The molecule has 2 heterocycles. The van der Waals surface area contributed by atoms with Crippen molar-refractivity contribution in [3.05, 3.63) is 30.1 Å². The van der Waals surface area contributed by atoms with Gasteiger partial charge in [0.25, 0.3) is 0 Å². The molecule has 3 nitrogen and oxygen atoms in total. The molecular weight excluding hydrogens is 231 g/mol. The van der Waals surface area contributed by atoms with Gasteiger partial charge in [0.15, 0.2) is 0 Å². The van der Waals surface area contributed by atoms with Crippen LogP contribution in [0.15, 0.2) is 24.3 Å². The molecule has 1 aromatic carbocycles. The molecule has 0 saturated carbocycles. The summed E-state index contributed by atoms with van der Waals surface area (Å²) in [5, 5.41) is 6.61. The first kappa shape index (κ1) is 11.9. The molecule has 0 radical (unpaired) electrons. The quantitative estimate of drug-likeness (QED) is 0.843. The van der Waals surface area contributed by atoms with Crippen LogP contribution in [-0.4, -0.2) is 31.3 Å². The van der Waals surface area contributed by atoms with E-state index in [-0.39, 0.29) is 17.5 Å². The van der Waals surface area contributed by atoms with Crippen LogP contribution in [-0.2, 0) is 4.74 Å². The highest BCUT2D eigenvalue weighted by molar-refractivity contribution is 5.45. The lowest BCUT2D eigenvalue weighted by Gasteiger charge is -2.32. The smallest absolute Gasteiger partial charge is 0.146 e. The fourth-order valence-electron chi connectivity index (χ4n) is 2.97. The summed E-state index contributed by atoms with van der Waals surface area (Å²) in [6, 6.07) is 7.04. The maximum absolute atomic E-state index is 13.6. The van der Waals surface area contributed by atoms with Gasteiger partial charge in [-0.2, -0.15) is 0 Å². The maximum atomic E-state index is 13.6. The van der Waals surface area contributed by atoms with E-state index in [1.165, 1.54) is 6.07 Å². The minimum Gasteiger partial charge on any atom is -0.378 e. The molecule has 2 saturated heterocycles. The van der Waals surface area contributed by atoms with Crippen molar-refractivity contribution in [1.82, 2.24) is 5.32 Å². The van der Waals surface area contributed by atoms with Gasteiger partial charge in [-0.1, -0.05) is 12.1 Å². The number of hydrogen-bond acceptors (Lipinski definition) is 3. The van der Waals surface area contributed by atoms with Crippen LogP contribution >= 0.6 is 0 Å². The Morgan fingerprint density at radius 3 is 2.83 bits per heavy atom. The third kappa shape index (κ3) is 2.35. The molecule has 0 aromatic heterocycles. The molecule has 0 aliphatic carbocycles. The summed E-state index contributed by atoms with van der Waals surface area (Å²) in [6.07, 6.45) is 3.09. The van der Waals surface area contributed by atoms with Gasteiger partial charge in [-0.25, -0.2) is 4.39 Å². The Labute approximate surface area is 107 Å². The number of halogens is 1. The molecule has 98 valence electrons. The van der Waals surface area contributed by atoms with Crippen LogP contribution in [0, 0.1) is 5.82 Å². The van der Waals surface area contributed by atoms with Crippen LogP contribution in [0.4, 0.5) is 10.1 Å². The summed E-state index contributed by atoms with van der Waals surface area (Å²) in [6.45, 7) is 2.72. The molecule has 2 aliphatic rings. The van der Waals surface area contributed by atoms with Gasteiger partial charge in [0, 0.05) is 0 Å². The Morgan fingerprint density at radius 2 is 2.06 bits per heavy atom. The average molecular weight is 250 g/mol. The van der Waals surface area contributed by atoms with E-state index in [2.05, 4.69) is 10.6 Å². The van der Waals surface area contributed by atoms with Gasteiger partial charge >= 0.3 is 0 Å². The van der Waals surface area contributed by atoms with Crippen LogP contribution < -0.4 is 10.6 Å². The van der Waals surface area contributed by atoms with Crippen molar-refractivity contribution in [2.75, 3.05) is 25.0 Å². The van der Waals surface area contributed by atoms with Crippen molar-refractivity contribution in [2.45, 2.75) is 30.9 Å². The molecule has 18 heavy (non-hydrogen) atoms. The number of para-hydroxylation sites is 1. The summed E-state index contributed by atoms with van der Waals surface area (Å²) in [7, 11) is 0. The van der Waals surface area contributed by atoms with Crippen LogP contribution in [0.2, 0.25) is 0 Å². The van der Waals surface area contributed by atoms with E-state index in [9.17, 15) is 4.39 Å². The highest BCUT2D eigenvalue weighted by atomic mass is 19.1. The summed E-state index contributed by atoms with van der Waals surface area (Å²) in [4.78, 5) is 0. The second-order valence-corrected chi connectivity index (χ2v) is 5.27. The summed E-state index contributed by atoms with van der Waals surface area (Å²) in [5.41, 5.74) is 0.603. The molecular formula is C14H19FN2O. The second-order valence-electron chi connectivity index (χ2n) is 5.27. The molecule has 1 aromatic rings. The highest BCUT2D eigenvalue weighted by Gasteiger charge is 2.41. The molecule has 2 aliphatic heterocycles. The normalized spacial score (nSPS) is 26.4. The molecule has 3 rings (SSSR count). The molecule has 2 N–H and O–H groups in total. The van der Waals surface area contributed by atoms with E-state index in [0.29, 0.717) is 12.3 Å². The molecule has 2 fully saturated rings. The van der Waals surface area contributed by atoms with E-state index >= 15 is 0 Å².